The molecule has 0 aliphatic carbocycles. The lowest BCUT2D eigenvalue weighted by molar-refractivity contribution is 0.0601. The monoisotopic (exact) mass is 411 g/mol. The minimum atomic E-state index is -0.447. The van der Waals surface area contributed by atoms with Crippen LogP contribution in [0.5, 0.6) is 0 Å². The van der Waals surface area contributed by atoms with Gasteiger partial charge in [0.25, 0.3) is 0 Å². The molecule has 1 saturated heterocycles. The highest BCUT2D eigenvalue weighted by Gasteiger charge is 2.22. The second kappa shape index (κ2) is 11.7. The summed E-state index contributed by atoms with van der Waals surface area (Å²) in [5, 5.41) is 18.7. The number of nitriles is 1. The van der Waals surface area contributed by atoms with Gasteiger partial charge < -0.3 is 20.7 Å². The van der Waals surface area contributed by atoms with E-state index in [9.17, 15) is 4.79 Å². The number of carbonyl (C=O) groups is 1. The summed E-state index contributed by atoms with van der Waals surface area (Å²) in [6, 6.07) is 3.87. The van der Waals surface area contributed by atoms with Crippen molar-refractivity contribution in [2.75, 3.05) is 30.8 Å². The van der Waals surface area contributed by atoms with E-state index in [2.05, 4.69) is 37.8 Å². The Kier molecular flexibility index (Phi) is 8.97. The topological polar surface area (TPSA) is 125 Å². The fourth-order valence-corrected chi connectivity index (χ4v) is 3.20. The van der Waals surface area contributed by atoms with Crippen LogP contribution in [0.3, 0.4) is 0 Å². The smallest absolute Gasteiger partial charge is 0.341 e. The summed E-state index contributed by atoms with van der Waals surface area (Å²) in [5.74, 6) is 1.03. The number of carbonyl (C=O) groups excluding carboxylic acids is 1. The Labute approximate surface area is 177 Å². The third-order valence-electron chi connectivity index (χ3n) is 4.81. The van der Waals surface area contributed by atoms with Crippen molar-refractivity contribution in [1.82, 2.24) is 20.3 Å². The molecular formula is C21H29N7O2. The molecule has 9 nitrogen and oxygen atoms in total. The predicted octanol–water partition coefficient (Wildman–Crippen LogP) is 3.10. The molecule has 0 radical (unpaired) electrons. The van der Waals surface area contributed by atoms with Crippen molar-refractivity contribution in [2.45, 2.75) is 39.7 Å². The first-order valence-corrected chi connectivity index (χ1v) is 10.2. The SMILES string of the molecule is CC.COC(=O)c1cnc(Nc2cnc(C#N)cn2)cc1NC(C)C1CCNCC1. The third-order valence-corrected chi connectivity index (χ3v) is 4.81. The first-order valence-electron chi connectivity index (χ1n) is 10.2. The summed E-state index contributed by atoms with van der Waals surface area (Å²) in [7, 11) is 1.35. The minimum absolute atomic E-state index is 0.190. The number of anilines is 3. The fourth-order valence-electron chi connectivity index (χ4n) is 3.20. The van der Waals surface area contributed by atoms with Gasteiger partial charge in [0.1, 0.15) is 23.3 Å². The molecule has 3 rings (SSSR count). The molecule has 0 spiro atoms. The number of pyridine rings is 1. The van der Waals surface area contributed by atoms with Gasteiger partial charge in [-0.2, -0.15) is 5.26 Å². The van der Waals surface area contributed by atoms with Crippen LogP contribution in [-0.2, 0) is 4.74 Å². The Morgan fingerprint density at radius 1 is 1.20 bits per heavy atom. The molecule has 1 fully saturated rings. The van der Waals surface area contributed by atoms with E-state index < -0.39 is 5.97 Å². The molecule has 3 N–H and O–H groups in total. The zero-order valence-corrected chi connectivity index (χ0v) is 17.9. The van der Waals surface area contributed by atoms with Gasteiger partial charge in [-0.1, -0.05) is 13.8 Å². The molecule has 2 aromatic heterocycles. The molecule has 0 amide bonds. The summed E-state index contributed by atoms with van der Waals surface area (Å²) in [5.41, 5.74) is 1.26. The van der Waals surface area contributed by atoms with E-state index in [0.29, 0.717) is 28.8 Å². The van der Waals surface area contributed by atoms with E-state index in [1.807, 2.05) is 19.9 Å². The van der Waals surface area contributed by atoms with Gasteiger partial charge in [-0.25, -0.2) is 19.7 Å². The molecule has 1 atom stereocenters. The van der Waals surface area contributed by atoms with Crippen molar-refractivity contribution in [3.63, 3.8) is 0 Å². The second-order valence-electron chi connectivity index (χ2n) is 6.65. The maximum Gasteiger partial charge on any atom is 0.341 e. The largest absolute Gasteiger partial charge is 0.465 e. The zero-order valence-electron chi connectivity index (χ0n) is 17.9. The van der Waals surface area contributed by atoms with Crippen molar-refractivity contribution >= 4 is 23.3 Å². The van der Waals surface area contributed by atoms with Crippen LogP contribution in [0.25, 0.3) is 0 Å². The number of aromatic nitrogens is 3. The molecule has 1 aliphatic heterocycles. The highest BCUT2D eigenvalue weighted by atomic mass is 16.5. The first kappa shape index (κ1) is 23.0. The third kappa shape index (κ3) is 6.12. The number of nitrogens with zero attached hydrogens (tertiary/aromatic N) is 4. The van der Waals surface area contributed by atoms with Gasteiger partial charge >= 0.3 is 5.97 Å². The maximum atomic E-state index is 12.1. The Hall–Kier alpha value is -3.25. The lowest BCUT2D eigenvalue weighted by Gasteiger charge is -2.30. The number of hydrogen-bond donors (Lipinski definition) is 3. The Balaban J connectivity index is 0.00000155. The van der Waals surface area contributed by atoms with Crippen molar-refractivity contribution in [3.8, 4) is 6.07 Å². The van der Waals surface area contributed by atoms with Crippen molar-refractivity contribution < 1.29 is 9.53 Å². The van der Waals surface area contributed by atoms with Crippen molar-refractivity contribution in [3.05, 3.63) is 35.9 Å². The fraction of sp³-hybridized carbons (Fsp3) is 0.476. The van der Waals surface area contributed by atoms with Crippen LogP contribution in [0.2, 0.25) is 0 Å². The van der Waals surface area contributed by atoms with Crippen LogP contribution in [0.1, 0.15) is 49.7 Å². The van der Waals surface area contributed by atoms with E-state index in [1.165, 1.54) is 25.7 Å². The average molecular weight is 412 g/mol. The number of hydrogen-bond acceptors (Lipinski definition) is 9. The van der Waals surface area contributed by atoms with Gasteiger partial charge in [0.05, 0.1) is 25.2 Å². The van der Waals surface area contributed by atoms with E-state index in [0.717, 1.165) is 25.9 Å². The Morgan fingerprint density at radius 2 is 1.90 bits per heavy atom. The second-order valence-corrected chi connectivity index (χ2v) is 6.65. The van der Waals surface area contributed by atoms with E-state index in [1.54, 1.807) is 6.07 Å². The molecule has 1 unspecified atom stereocenters. The van der Waals surface area contributed by atoms with E-state index >= 15 is 0 Å². The van der Waals surface area contributed by atoms with Gasteiger partial charge in [-0.15, -0.1) is 0 Å². The van der Waals surface area contributed by atoms with Crippen LogP contribution < -0.4 is 16.0 Å². The first-order chi connectivity index (χ1) is 14.6. The van der Waals surface area contributed by atoms with Gasteiger partial charge in [-0.05, 0) is 38.8 Å². The molecule has 0 saturated carbocycles. The molecule has 0 bridgehead atoms. The summed E-state index contributed by atoms with van der Waals surface area (Å²) in [4.78, 5) is 24.5. The standard InChI is InChI=1S/C19H23N7O2.C2H6/c1-12(13-3-5-21-6-4-13)25-16-7-17(24-10-15(16)19(27)28-2)26-18-11-22-14(8-20)9-23-18;1-2/h7,9-13,21H,3-6H2,1-2H3,(H2,23,24,25,26);1-2H3. The van der Waals surface area contributed by atoms with Crippen LogP contribution in [0.15, 0.2) is 24.7 Å². The molecule has 0 aromatic carbocycles. The van der Waals surface area contributed by atoms with Gasteiger partial charge in [0.2, 0.25) is 0 Å². The molecule has 160 valence electrons. The van der Waals surface area contributed by atoms with Gasteiger partial charge in [0, 0.05) is 18.3 Å². The van der Waals surface area contributed by atoms with E-state index in [-0.39, 0.29) is 11.7 Å². The summed E-state index contributed by atoms with van der Waals surface area (Å²) in [6.45, 7) is 8.12. The lowest BCUT2D eigenvalue weighted by atomic mass is 9.91. The molecule has 2 aromatic rings. The molecule has 3 heterocycles. The quantitative estimate of drug-likeness (QED) is 0.615. The highest BCUT2D eigenvalue weighted by molar-refractivity contribution is 5.95. The molecule has 9 heteroatoms. The van der Waals surface area contributed by atoms with Crippen LogP contribution >= 0.6 is 0 Å². The summed E-state index contributed by atoms with van der Waals surface area (Å²) < 4.78 is 4.89. The summed E-state index contributed by atoms with van der Waals surface area (Å²) >= 11 is 0. The van der Waals surface area contributed by atoms with Crippen molar-refractivity contribution in [1.29, 1.82) is 5.26 Å². The number of methoxy groups -OCH3 is 1. The molecule has 1 aliphatic rings. The number of esters is 1. The molecular weight excluding hydrogens is 382 g/mol. The van der Waals surface area contributed by atoms with Crippen LogP contribution in [-0.4, -0.2) is 47.2 Å². The number of ether oxygens (including phenoxy) is 1. The van der Waals surface area contributed by atoms with Crippen LogP contribution in [0.4, 0.5) is 17.3 Å². The van der Waals surface area contributed by atoms with Gasteiger partial charge in [-0.3, -0.25) is 0 Å². The lowest BCUT2D eigenvalue weighted by Crippen LogP contribution is -2.36. The number of nitrogens with one attached hydrogen (secondary N) is 3. The number of rotatable bonds is 6. The predicted molar refractivity (Wildman–Crippen MR) is 116 cm³/mol. The number of piperidine rings is 1. The zero-order chi connectivity index (χ0) is 21.9. The van der Waals surface area contributed by atoms with Gasteiger partial charge in [0.15, 0.2) is 5.69 Å². The van der Waals surface area contributed by atoms with Crippen LogP contribution in [0, 0.1) is 17.2 Å². The average Bonchev–Trinajstić information content (AvgIpc) is 2.81. The maximum absolute atomic E-state index is 12.1. The van der Waals surface area contributed by atoms with Crippen molar-refractivity contribution in [2.24, 2.45) is 5.92 Å². The normalized spacial score (nSPS) is 14.5. The van der Waals surface area contributed by atoms with E-state index in [4.69, 9.17) is 10.00 Å². The highest BCUT2D eigenvalue weighted by Crippen LogP contribution is 2.25. The summed E-state index contributed by atoms with van der Waals surface area (Å²) in [6.07, 6.45) is 6.48. The molecule has 30 heavy (non-hydrogen) atoms. The Morgan fingerprint density at radius 3 is 2.50 bits per heavy atom. The minimum Gasteiger partial charge on any atom is -0.465 e. The Bertz CT molecular complexity index is 859.